The maximum absolute atomic E-state index is 12.3. The molecule has 0 unspecified atom stereocenters. The van der Waals surface area contributed by atoms with Crippen LogP contribution in [0.15, 0.2) is 53.5 Å². The highest BCUT2D eigenvalue weighted by atomic mass is 16.5. The molecule has 146 valence electrons. The summed E-state index contributed by atoms with van der Waals surface area (Å²) in [5, 5.41) is 7.12. The van der Waals surface area contributed by atoms with Gasteiger partial charge in [-0.3, -0.25) is 14.3 Å². The van der Waals surface area contributed by atoms with Crippen molar-refractivity contribution in [3.63, 3.8) is 0 Å². The Labute approximate surface area is 162 Å². The molecule has 8 nitrogen and oxygen atoms in total. The van der Waals surface area contributed by atoms with Gasteiger partial charge in [-0.1, -0.05) is 6.07 Å². The Balaban J connectivity index is 1.61. The largest absolute Gasteiger partial charge is 0.491 e. The van der Waals surface area contributed by atoms with Gasteiger partial charge >= 0.3 is 5.69 Å². The molecule has 0 aliphatic heterocycles. The Hall–Kier alpha value is -3.42. The first-order chi connectivity index (χ1) is 13.5. The minimum atomic E-state index is -0.259. The minimum absolute atomic E-state index is 0.0762. The lowest BCUT2D eigenvalue weighted by Crippen LogP contribution is -2.31. The summed E-state index contributed by atoms with van der Waals surface area (Å²) in [4.78, 5) is 28.8. The summed E-state index contributed by atoms with van der Waals surface area (Å²) in [6.45, 7) is 4.43. The molecule has 1 amide bonds. The summed E-state index contributed by atoms with van der Waals surface area (Å²) in [5.74, 6) is 0.983. The number of nitrogens with one attached hydrogen (secondary N) is 1. The van der Waals surface area contributed by atoms with E-state index < -0.39 is 0 Å². The molecule has 3 aromatic rings. The van der Waals surface area contributed by atoms with Crippen molar-refractivity contribution in [2.45, 2.75) is 26.5 Å². The number of pyridine rings is 1. The minimum Gasteiger partial charge on any atom is -0.491 e. The Bertz CT molecular complexity index is 991. The van der Waals surface area contributed by atoms with Gasteiger partial charge in [0.25, 0.3) is 5.91 Å². The second-order valence-corrected chi connectivity index (χ2v) is 6.55. The van der Waals surface area contributed by atoms with Crippen molar-refractivity contribution in [2.75, 3.05) is 6.54 Å². The Morgan fingerprint density at radius 1 is 1.18 bits per heavy atom. The summed E-state index contributed by atoms with van der Waals surface area (Å²) in [5.41, 5.74) is 0.886. The van der Waals surface area contributed by atoms with Crippen LogP contribution < -0.4 is 15.7 Å². The van der Waals surface area contributed by atoms with Gasteiger partial charge in [-0.2, -0.15) is 0 Å². The third-order valence-electron chi connectivity index (χ3n) is 4.03. The summed E-state index contributed by atoms with van der Waals surface area (Å²) in [6, 6.07) is 12.4. The molecule has 0 aliphatic rings. The van der Waals surface area contributed by atoms with E-state index in [-0.39, 0.29) is 30.8 Å². The summed E-state index contributed by atoms with van der Waals surface area (Å²) in [7, 11) is 1.65. The molecule has 3 rings (SSSR count). The highest BCUT2D eigenvalue weighted by Gasteiger charge is 2.13. The number of nitrogens with zero attached hydrogens (tertiary/aromatic N) is 4. The zero-order chi connectivity index (χ0) is 20.1. The number of benzene rings is 1. The topological polar surface area (TPSA) is 91.0 Å². The van der Waals surface area contributed by atoms with Crippen LogP contribution in [-0.2, 0) is 13.6 Å². The number of hydrogen-bond acceptors (Lipinski definition) is 5. The van der Waals surface area contributed by atoms with E-state index in [2.05, 4.69) is 15.4 Å². The van der Waals surface area contributed by atoms with Crippen LogP contribution in [0.25, 0.3) is 11.5 Å². The van der Waals surface area contributed by atoms with Crippen molar-refractivity contribution in [1.82, 2.24) is 24.6 Å². The van der Waals surface area contributed by atoms with Crippen LogP contribution in [-0.4, -0.2) is 37.9 Å². The number of rotatable bonds is 7. The number of amides is 1. The molecule has 0 bridgehead atoms. The molecule has 0 fully saturated rings. The van der Waals surface area contributed by atoms with Crippen LogP contribution in [0.4, 0.5) is 0 Å². The molecule has 0 aliphatic carbocycles. The molecule has 28 heavy (non-hydrogen) atoms. The number of hydrogen-bond donors (Lipinski definition) is 1. The Morgan fingerprint density at radius 3 is 2.57 bits per heavy atom. The molecule has 0 spiro atoms. The van der Waals surface area contributed by atoms with Crippen molar-refractivity contribution in [3.05, 3.63) is 64.7 Å². The summed E-state index contributed by atoms with van der Waals surface area (Å²) >= 11 is 0. The van der Waals surface area contributed by atoms with Gasteiger partial charge < -0.3 is 10.1 Å². The second-order valence-electron chi connectivity index (χ2n) is 6.55. The van der Waals surface area contributed by atoms with E-state index in [1.807, 2.05) is 19.9 Å². The van der Waals surface area contributed by atoms with Gasteiger partial charge in [0.1, 0.15) is 11.4 Å². The number of carbonyl (C=O) groups is 1. The zero-order valence-corrected chi connectivity index (χ0v) is 16.1. The van der Waals surface area contributed by atoms with Crippen LogP contribution in [0.5, 0.6) is 5.75 Å². The SMILES string of the molecule is CC(C)Oc1ccc(C(=O)NCCn2nc(-c3ccccn3)n(C)c2=O)cc1. The molecule has 0 radical (unpaired) electrons. The standard InChI is InChI=1S/C20H23N5O3/c1-14(2)28-16-9-7-15(8-10-16)19(26)22-12-13-25-20(27)24(3)18(23-25)17-6-4-5-11-21-17/h4-11,14H,12-13H2,1-3H3,(H,22,26). The quantitative estimate of drug-likeness (QED) is 0.675. The normalized spacial score (nSPS) is 10.9. The van der Waals surface area contributed by atoms with E-state index >= 15 is 0 Å². The molecular weight excluding hydrogens is 358 g/mol. The summed E-state index contributed by atoms with van der Waals surface area (Å²) in [6.07, 6.45) is 1.73. The first-order valence-electron chi connectivity index (χ1n) is 9.06. The second kappa shape index (κ2) is 8.51. The predicted octanol–water partition coefficient (Wildman–Crippen LogP) is 1.86. The monoisotopic (exact) mass is 381 g/mol. The van der Waals surface area contributed by atoms with E-state index in [1.54, 1.807) is 49.6 Å². The third kappa shape index (κ3) is 4.46. The van der Waals surface area contributed by atoms with E-state index in [1.165, 1.54) is 9.25 Å². The molecule has 0 atom stereocenters. The molecule has 8 heteroatoms. The van der Waals surface area contributed by atoms with E-state index in [0.29, 0.717) is 22.8 Å². The van der Waals surface area contributed by atoms with Gasteiger partial charge in [0.05, 0.1) is 12.6 Å². The first-order valence-corrected chi connectivity index (χ1v) is 9.06. The predicted molar refractivity (Wildman–Crippen MR) is 105 cm³/mol. The maximum Gasteiger partial charge on any atom is 0.346 e. The van der Waals surface area contributed by atoms with Crippen molar-refractivity contribution in [2.24, 2.45) is 7.05 Å². The smallest absolute Gasteiger partial charge is 0.346 e. The van der Waals surface area contributed by atoms with Crippen LogP contribution in [0.1, 0.15) is 24.2 Å². The first kappa shape index (κ1) is 19.3. The van der Waals surface area contributed by atoms with Gasteiger partial charge in [-0.25, -0.2) is 9.48 Å². The number of ether oxygens (including phenoxy) is 1. The molecule has 0 saturated carbocycles. The molecular formula is C20H23N5O3. The fourth-order valence-corrected chi connectivity index (χ4v) is 2.69. The number of aromatic nitrogens is 4. The van der Waals surface area contributed by atoms with Gasteiger partial charge in [0.2, 0.25) is 0 Å². The van der Waals surface area contributed by atoms with Crippen molar-refractivity contribution < 1.29 is 9.53 Å². The summed E-state index contributed by atoms with van der Waals surface area (Å²) < 4.78 is 8.33. The van der Waals surface area contributed by atoms with E-state index in [9.17, 15) is 9.59 Å². The zero-order valence-electron chi connectivity index (χ0n) is 16.1. The van der Waals surface area contributed by atoms with Crippen molar-refractivity contribution in [1.29, 1.82) is 0 Å². The highest BCUT2D eigenvalue weighted by molar-refractivity contribution is 5.94. The van der Waals surface area contributed by atoms with Gasteiger partial charge in [0, 0.05) is 25.4 Å². The Kier molecular flexibility index (Phi) is 5.88. The van der Waals surface area contributed by atoms with E-state index in [4.69, 9.17) is 4.74 Å². The van der Waals surface area contributed by atoms with E-state index in [0.717, 1.165) is 0 Å². The Morgan fingerprint density at radius 2 is 1.93 bits per heavy atom. The lowest BCUT2D eigenvalue weighted by atomic mass is 10.2. The highest BCUT2D eigenvalue weighted by Crippen LogP contribution is 2.14. The number of carbonyl (C=O) groups excluding carboxylic acids is 1. The van der Waals surface area contributed by atoms with Crippen LogP contribution in [0, 0.1) is 0 Å². The average Bonchev–Trinajstić information content (AvgIpc) is 2.97. The van der Waals surface area contributed by atoms with Crippen LogP contribution in [0.3, 0.4) is 0 Å². The lowest BCUT2D eigenvalue weighted by Gasteiger charge is -2.10. The van der Waals surface area contributed by atoms with Crippen molar-refractivity contribution >= 4 is 5.91 Å². The lowest BCUT2D eigenvalue weighted by molar-refractivity contribution is 0.0951. The third-order valence-corrected chi connectivity index (χ3v) is 4.03. The van der Waals surface area contributed by atoms with Gasteiger partial charge in [-0.15, -0.1) is 5.10 Å². The molecule has 2 aromatic heterocycles. The van der Waals surface area contributed by atoms with Gasteiger partial charge in [0.15, 0.2) is 5.82 Å². The van der Waals surface area contributed by atoms with Crippen molar-refractivity contribution in [3.8, 4) is 17.3 Å². The maximum atomic E-state index is 12.3. The molecule has 1 N–H and O–H groups in total. The fraction of sp³-hybridized carbons (Fsp3) is 0.300. The van der Waals surface area contributed by atoms with Crippen LogP contribution >= 0.6 is 0 Å². The molecule has 1 aromatic carbocycles. The van der Waals surface area contributed by atoms with Gasteiger partial charge in [-0.05, 0) is 50.2 Å². The fourth-order valence-electron chi connectivity index (χ4n) is 2.69. The molecule has 0 saturated heterocycles. The average molecular weight is 381 g/mol. The molecule has 2 heterocycles. The van der Waals surface area contributed by atoms with Crippen LogP contribution in [0.2, 0.25) is 0 Å².